The van der Waals surface area contributed by atoms with Crippen LogP contribution in [0.2, 0.25) is 5.02 Å². The van der Waals surface area contributed by atoms with Crippen LogP contribution in [0.4, 0.5) is 5.69 Å². The van der Waals surface area contributed by atoms with E-state index in [1.807, 2.05) is 0 Å². The maximum atomic E-state index is 12.2. The zero-order valence-electron chi connectivity index (χ0n) is 11.5. The lowest BCUT2D eigenvalue weighted by Gasteiger charge is -2.20. The molecule has 6 nitrogen and oxygen atoms in total. The fraction of sp³-hybridized carbons (Fsp3) is 0.692. The van der Waals surface area contributed by atoms with Crippen molar-refractivity contribution in [1.29, 1.82) is 0 Å². The molecule has 0 bridgehead atoms. The van der Waals surface area contributed by atoms with Gasteiger partial charge in [-0.1, -0.05) is 11.6 Å². The normalized spacial score (nSPS) is 25.2. The molecule has 7 heteroatoms. The first kappa shape index (κ1) is 13.9. The highest BCUT2D eigenvalue weighted by atomic mass is 35.5. The van der Waals surface area contributed by atoms with Crippen molar-refractivity contribution >= 4 is 17.3 Å². The highest BCUT2D eigenvalue weighted by Gasteiger charge is 2.37. The second-order valence-corrected chi connectivity index (χ2v) is 5.83. The maximum Gasteiger partial charge on any atom is 0.287 e. The minimum Gasteiger partial charge on any atom is -0.383 e. The standard InChI is InChI=1S/C13H19ClN4O2/c1-20-3-2-18-13(19)12(14)11(6-16-18)17-7-9-4-15-5-10(9)8-17/h6,9-10,15H,2-5,7-8H2,1H3. The van der Waals surface area contributed by atoms with Crippen molar-refractivity contribution in [1.82, 2.24) is 15.1 Å². The van der Waals surface area contributed by atoms with E-state index in [-0.39, 0.29) is 10.6 Å². The summed E-state index contributed by atoms with van der Waals surface area (Å²) in [7, 11) is 1.60. The number of fused-ring (bicyclic) bond motifs is 1. The van der Waals surface area contributed by atoms with Gasteiger partial charge in [-0.15, -0.1) is 0 Å². The van der Waals surface area contributed by atoms with E-state index < -0.39 is 0 Å². The zero-order valence-corrected chi connectivity index (χ0v) is 12.3. The smallest absolute Gasteiger partial charge is 0.287 e. The molecule has 2 unspecified atom stereocenters. The molecule has 2 saturated heterocycles. The quantitative estimate of drug-likeness (QED) is 0.860. The van der Waals surface area contributed by atoms with Crippen LogP contribution >= 0.6 is 11.6 Å². The summed E-state index contributed by atoms with van der Waals surface area (Å²) < 4.78 is 6.32. The van der Waals surface area contributed by atoms with Gasteiger partial charge >= 0.3 is 0 Å². The Hall–Kier alpha value is -1.11. The number of rotatable bonds is 4. The van der Waals surface area contributed by atoms with Gasteiger partial charge in [-0.3, -0.25) is 4.79 Å². The van der Waals surface area contributed by atoms with Gasteiger partial charge in [0.05, 0.1) is 25.0 Å². The minimum absolute atomic E-state index is 0.239. The van der Waals surface area contributed by atoms with Gasteiger partial charge < -0.3 is 15.0 Å². The van der Waals surface area contributed by atoms with Crippen molar-refractivity contribution in [2.75, 3.05) is 44.8 Å². The molecule has 0 radical (unpaired) electrons. The van der Waals surface area contributed by atoms with Gasteiger partial charge in [0.15, 0.2) is 0 Å². The molecule has 3 heterocycles. The molecule has 0 aliphatic carbocycles. The summed E-state index contributed by atoms with van der Waals surface area (Å²) in [6, 6.07) is 0. The first-order valence-corrected chi connectivity index (χ1v) is 7.28. The predicted molar refractivity (Wildman–Crippen MR) is 77.4 cm³/mol. The Morgan fingerprint density at radius 3 is 2.80 bits per heavy atom. The number of aromatic nitrogens is 2. The SMILES string of the molecule is COCCn1ncc(N2CC3CNCC3C2)c(Cl)c1=O. The Kier molecular flexibility index (Phi) is 3.96. The number of hydrogen-bond donors (Lipinski definition) is 1. The Labute approximate surface area is 122 Å². The number of ether oxygens (including phenoxy) is 1. The van der Waals surface area contributed by atoms with Crippen LogP contribution in [0.1, 0.15) is 0 Å². The number of nitrogens with one attached hydrogen (secondary N) is 1. The lowest BCUT2D eigenvalue weighted by atomic mass is 10.0. The first-order valence-electron chi connectivity index (χ1n) is 6.91. The van der Waals surface area contributed by atoms with E-state index in [0.29, 0.717) is 25.0 Å². The van der Waals surface area contributed by atoms with Crippen LogP contribution in [0.3, 0.4) is 0 Å². The number of methoxy groups -OCH3 is 1. The number of halogens is 1. The maximum absolute atomic E-state index is 12.2. The number of nitrogens with zero attached hydrogens (tertiary/aromatic N) is 3. The minimum atomic E-state index is -0.239. The van der Waals surface area contributed by atoms with Crippen LogP contribution in [-0.2, 0) is 11.3 Å². The van der Waals surface area contributed by atoms with Crippen molar-refractivity contribution in [2.24, 2.45) is 11.8 Å². The molecule has 20 heavy (non-hydrogen) atoms. The molecule has 2 aliphatic heterocycles. The van der Waals surface area contributed by atoms with Crippen molar-refractivity contribution in [3.8, 4) is 0 Å². The van der Waals surface area contributed by atoms with Gasteiger partial charge in [-0.25, -0.2) is 4.68 Å². The van der Waals surface area contributed by atoms with Gasteiger partial charge in [0, 0.05) is 33.3 Å². The average molecular weight is 299 g/mol. The zero-order chi connectivity index (χ0) is 14.1. The molecular weight excluding hydrogens is 280 g/mol. The largest absolute Gasteiger partial charge is 0.383 e. The van der Waals surface area contributed by atoms with E-state index in [1.54, 1.807) is 13.3 Å². The molecule has 1 N–H and O–H groups in total. The number of anilines is 1. The number of hydrogen-bond acceptors (Lipinski definition) is 5. The van der Waals surface area contributed by atoms with Crippen molar-refractivity contribution < 1.29 is 4.74 Å². The third-order valence-electron chi connectivity index (χ3n) is 4.20. The second kappa shape index (κ2) is 5.71. The van der Waals surface area contributed by atoms with Crippen LogP contribution in [0, 0.1) is 11.8 Å². The second-order valence-electron chi connectivity index (χ2n) is 5.45. The third kappa shape index (κ3) is 2.43. The predicted octanol–water partition coefficient (Wildman–Crippen LogP) is 0.199. The Balaban J connectivity index is 1.81. The third-order valence-corrected chi connectivity index (χ3v) is 4.56. The molecule has 0 amide bonds. The van der Waals surface area contributed by atoms with E-state index in [2.05, 4.69) is 15.3 Å². The Bertz CT molecular complexity index is 536. The molecule has 2 fully saturated rings. The van der Waals surface area contributed by atoms with Gasteiger partial charge in [0.1, 0.15) is 5.02 Å². The monoisotopic (exact) mass is 298 g/mol. The summed E-state index contributed by atoms with van der Waals surface area (Å²) in [5.74, 6) is 1.31. The average Bonchev–Trinajstić information content (AvgIpc) is 3.01. The molecular formula is C13H19ClN4O2. The van der Waals surface area contributed by atoms with Crippen molar-refractivity contribution in [3.05, 3.63) is 21.6 Å². The van der Waals surface area contributed by atoms with Crippen LogP contribution in [0.5, 0.6) is 0 Å². The lowest BCUT2D eigenvalue weighted by Crippen LogP contribution is -2.30. The van der Waals surface area contributed by atoms with E-state index in [4.69, 9.17) is 16.3 Å². The fourth-order valence-corrected chi connectivity index (χ4v) is 3.33. The van der Waals surface area contributed by atoms with Crippen molar-refractivity contribution in [2.45, 2.75) is 6.54 Å². The molecule has 1 aromatic rings. The summed E-state index contributed by atoms with van der Waals surface area (Å²) in [6.07, 6.45) is 1.70. The van der Waals surface area contributed by atoms with Crippen LogP contribution in [0.25, 0.3) is 0 Å². The molecule has 1 aromatic heterocycles. The van der Waals surface area contributed by atoms with Gasteiger partial charge in [0.2, 0.25) is 0 Å². The summed E-state index contributed by atoms with van der Waals surface area (Å²) in [5, 5.41) is 7.86. The Morgan fingerprint density at radius 1 is 1.45 bits per heavy atom. The summed E-state index contributed by atoms with van der Waals surface area (Å²) in [4.78, 5) is 14.4. The molecule has 0 spiro atoms. The van der Waals surface area contributed by atoms with Gasteiger partial charge in [-0.05, 0) is 11.8 Å². The molecule has 3 rings (SSSR count). The van der Waals surface area contributed by atoms with E-state index in [1.165, 1.54) is 4.68 Å². The molecule has 2 aliphatic rings. The van der Waals surface area contributed by atoms with Crippen LogP contribution in [-0.4, -0.2) is 49.7 Å². The van der Waals surface area contributed by atoms with Crippen molar-refractivity contribution in [3.63, 3.8) is 0 Å². The van der Waals surface area contributed by atoms with E-state index >= 15 is 0 Å². The fourth-order valence-electron chi connectivity index (χ4n) is 3.07. The highest BCUT2D eigenvalue weighted by Crippen LogP contribution is 2.32. The van der Waals surface area contributed by atoms with Gasteiger partial charge in [0.25, 0.3) is 5.56 Å². The lowest BCUT2D eigenvalue weighted by molar-refractivity contribution is 0.182. The van der Waals surface area contributed by atoms with Crippen LogP contribution in [0.15, 0.2) is 11.0 Å². The van der Waals surface area contributed by atoms with Crippen LogP contribution < -0.4 is 15.8 Å². The van der Waals surface area contributed by atoms with E-state index in [9.17, 15) is 4.79 Å². The van der Waals surface area contributed by atoms with Gasteiger partial charge in [-0.2, -0.15) is 5.10 Å². The molecule has 2 atom stereocenters. The first-order chi connectivity index (χ1) is 9.70. The summed E-state index contributed by atoms with van der Waals surface area (Å²) >= 11 is 6.24. The molecule has 110 valence electrons. The summed E-state index contributed by atoms with van der Waals surface area (Å²) in [6.45, 7) is 4.86. The topological polar surface area (TPSA) is 59.4 Å². The Morgan fingerprint density at radius 2 is 2.15 bits per heavy atom. The molecule has 0 saturated carbocycles. The molecule has 0 aromatic carbocycles. The van der Waals surface area contributed by atoms with E-state index in [0.717, 1.165) is 31.9 Å². The summed E-state index contributed by atoms with van der Waals surface area (Å²) in [5.41, 5.74) is 0.524. The highest BCUT2D eigenvalue weighted by molar-refractivity contribution is 6.33.